The van der Waals surface area contributed by atoms with Crippen LogP contribution in [0.4, 0.5) is 5.69 Å². The maximum absolute atomic E-state index is 14.5. The molecule has 21 nitrogen and oxygen atoms in total. The Bertz CT molecular complexity index is 3270. The van der Waals surface area contributed by atoms with E-state index in [4.69, 9.17) is 28.1 Å². The molecule has 0 saturated carbocycles. The van der Waals surface area contributed by atoms with Crippen molar-refractivity contribution in [1.29, 1.82) is 0 Å². The van der Waals surface area contributed by atoms with Crippen molar-refractivity contribution in [2.45, 2.75) is 58.6 Å². The number of amides is 4. The van der Waals surface area contributed by atoms with E-state index in [0.717, 1.165) is 21.7 Å². The number of likely N-dealkylation sites (tertiary alicyclic amines) is 1. The molecule has 7 aromatic rings. The summed E-state index contributed by atoms with van der Waals surface area (Å²) in [6.07, 6.45) is 0.693. The van der Waals surface area contributed by atoms with Gasteiger partial charge in [-0.15, -0.1) is 11.3 Å². The minimum atomic E-state index is -0.861. The van der Waals surface area contributed by atoms with Crippen molar-refractivity contribution in [2.75, 3.05) is 64.7 Å². The molecule has 0 aliphatic carbocycles. The molecule has 0 spiro atoms. The van der Waals surface area contributed by atoms with E-state index < -0.39 is 24.2 Å². The Morgan fingerprint density at radius 3 is 2.35 bits per heavy atom. The third-order valence-electron chi connectivity index (χ3n) is 13.1. The second kappa shape index (κ2) is 24.8. The van der Waals surface area contributed by atoms with Gasteiger partial charge in [0.15, 0.2) is 5.58 Å². The standard InChI is InChI=1S/C55H59N9O12S/c1-34(2)50(64-30-37-7-5-6-8-42(37)54(64)69)55(70)63-31-40(66)27-48(63)62(33-65)29-38-10-9-36(51-35(3)57-32-77-51)25-47(38)75-24-22-73-20-18-71-17-19-72-21-23-74-41-12-13-43(56-28-41)52(68)58-39-11-15-46-45(26-39)59-53(76-46)44-14-16-49(67)61(4)60-44/h5-16,25-26,28,32-34,40,48,50,66H,17-24,27,29-31H2,1-4H3,(H,58,68)/t40-,48+,50+/m1/s1. The second-order valence-corrected chi connectivity index (χ2v) is 19.6. The monoisotopic (exact) mass is 1070 g/mol. The van der Waals surface area contributed by atoms with E-state index in [1.807, 2.05) is 57.2 Å². The first-order valence-electron chi connectivity index (χ1n) is 25.2. The van der Waals surface area contributed by atoms with Gasteiger partial charge in [-0.25, -0.2) is 19.6 Å². The molecule has 2 N–H and O–H groups in total. The van der Waals surface area contributed by atoms with Gasteiger partial charge in [-0.3, -0.25) is 24.0 Å². The smallest absolute Gasteiger partial charge is 0.274 e. The number of ether oxygens (including phenoxy) is 5. The highest BCUT2D eigenvalue weighted by Crippen LogP contribution is 2.35. The quantitative estimate of drug-likeness (QED) is 0.0513. The van der Waals surface area contributed by atoms with E-state index in [2.05, 4.69) is 25.4 Å². The molecule has 6 heterocycles. The number of aliphatic hydroxyl groups excluding tert-OH is 1. The summed E-state index contributed by atoms with van der Waals surface area (Å²) in [5.74, 6) is 0.0609. The van der Waals surface area contributed by atoms with Gasteiger partial charge in [0.2, 0.25) is 18.2 Å². The van der Waals surface area contributed by atoms with E-state index in [1.165, 1.54) is 51.2 Å². The molecule has 9 rings (SSSR count). The number of aromatic nitrogens is 5. The van der Waals surface area contributed by atoms with Crippen molar-refractivity contribution in [3.8, 4) is 33.5 Å². The summed E-state index contributed by atoms with van der Waals surface area (Å²) in [6, 6.07) is 23.5. The lowest BCUT2D eigenvalue weighted by molar-refractivity contribution is -0.144. The van der Waals surface area contributed by atoms with E-state index >= 15 is 0 Å². The van der Waals surface area contributed by atoms with Gasteiger partial charge in [0.05, 0.1) is 74.6 Å². The fraction of sp³-hybridized carbons (Fsp3) is 0.364. The van der Waals surface area contributed by atoms with Crippen molar-refractivity contribution < 1.29 is 52.4 Å². The van der Waals surface area contributed by atoms with Crippen LogP contribution in [-0.2, 0) is 43.9 Å². The van der Waals surface area contributed by atoms with Gasteiger partial charge in [0, 0.05) is 49.4 Å². The van der Waals surface area contributed by atoms with Gasteiger partial charge in [-0.1, -0.05) is 44.2 Å². The summed E-state index contributed by atoms with van der Waals surface area (Å²) in [6.45, 7) is 8.48. The topological polar surface area (TPSA) is 243 Å². The minimum absolute atomic E-state index is 0.0271. The maximum atomic E-state index is 14.5. The number of aliphatic hydroxyl groups is 1. The fourth-order valence-corrected chi connectivity index (χ4v) is 10.0. The number of pyridine rings is 1. The molecule has 1 saturated heterocycles. The second-order valence-electron chi connectivity index (χ2n) is 18.8. The number of hydrogen-bond acceptors (Lipinski definition) is 17. The van der Waals surface area contributed by atoms with Gasteiger partial charge in [-0.2, -0.15) is 5.10 Å². The van der Waals surface area contributed by atoms with E-state index in [9.17, 15) is 29.1 Å². The lowest BCUT2D eigenvalue weighted by atomic mass is 10.0. The van der Waals surface area contributed by atoms with Gasteiger partial charge in [-0.05, 0) is 72.5 Å². The van der Waals surface area contributed by atoms with Crippen molar-refractivity contribution >= 4 is 52.3 Å². The average molecular weight is 1070 g/mol. The highest BCUT2D eigenvalue weighted by molar-refractivity contribution is 7.13. The van der Waals surface area contributed by atoms with Crippen molar-refractivity contribution in [2.24, 2.45) is 13.0 Å². The normalized spacial score (nSPS) is 15.5. The zero-order valence-corrected chi connectivity index (χ0v) is 43.9. The first-order valence-corrected chi connectivity index (χ1v) is 26.1. The number of aryl methyl sites for hydroxylation is 2. The number of oxazole rings is 1. The van der Waals surface area contributed by atoms with Crippen LogP contribution in [0.5, 0.6) is 11.5 Å². The van der Waals surface area contributed by atoms with Crippen LogP contribution in [-0.4, -0.2) is 146 Å². The number of nitrogens with one attached hydrogen (secondary N) is 1. The molecule has 0 radical (unpaired) electrons. The van der Waals surface area contributed by atoms with E-state index in [1.54, 1.807) is 46.8 Å². The third-order valence-corrected chi connectivity index (χ3v) is 14.0. The molecule has 22 heteroatoms. The molecule has 77 heavy (non-hydrogen) atoms. The SMILES string of the molecule is Cc1ncsc1-c1ccc(CN(C=O)[C@@H]2C[C@@H](O)CN2C(=O)[C@H](C(C)C)N2Cc3ccccc3C2=O)c(OCCOCCOCCOCCOc2ccc(C(=O)Nc3ccc4oc(-c5ccc(=O)n(C)n5)nc4c3)nc2)c1. The molecule has 4 amide bonds. The van der Waals surface area contributed by atoms with E-state index in [-0.39, 0.29) is 74.2 Å². The Hall–Kier alpha value is -7.89. The predicted molar refractivity (Wildman–Crippen MR) is 283 cm³/mol. The zero-order valence-electron chi connectivity index (χ0n) is 43.0. The molecule has 2 aliphatic rings. The lowest BCUT2D eigenvalue weighted by Crippen LogP contribution is -2.55. The maximum Gasteiger partial charge on any atom is 0.274 e. The van der Waals surface area contributed by atoms with Crippen LogP contribution in [0, 0.1) is 12.8 Å². The van der Waals surface area contributed by atoms with Gasteiger partial charge in [0.25, 0.3) is 17.4 Å². The molecule has 3 aromatic carbocycles. The number of carbonyl (C=O) groups excluding carboxylic acids is 4. The summed E-state index contributed by atoms with van der Waals surface area (Å²) < 4.78 is 36.2. The first-order chi connectivity index (χ1) is 37.3. The number of anilines is 1. The summed E-state index contributed by atoms with van der Waals surface area (Å²) in [5, 5.41) is 17.9. The number of hydrogen-bond donors (Lipinski definition) is 2. The van der Waals surface area contributed by atoms with Crippen LogP contribution >= 0.6 is 11.3 Å². The average Bonchev–Trinajstić information content (AvgIpc) is 4.23. The highest BCUT2D eigenvalue weighted by atomic mass is 32.1. The summed E-state index contributed by atoms with van der Waals surface area (Å²) >= 11 is 1.51. The van der Waals surface area contributed by atoms with E-state index in [0.29, 0.717) is 91.1 Å². The molecular formula is C55H59N9O12S. The zero-order chi connectivity index (χ0) is 54.0. The van der Waals surface area contributed by atoms with Gasteiger partial charge >= 0.3 is 0 Å². The minimum Gasteiger partial charge on any atom is -0.491 e. The largest absolute Gasteiger partial charge is 0.491 e. The summed E-state index contributed by atoms with van der Waals surface area (Å²) in [7, 11) is 1.54. The molecular weight excluding hydrogens is 1010 g/mol. The van der Waals surface area contributed by atoms with Crippen LogP contribution in [0.25, 0.3) is 33.1 Å². The van der Waals surface area contributed by atoms with Crippen molar-refractivity contribution in [1.82, 2.24) is 39.4 Å². The molecule has 3 atom stereocenters. The molecule has 402 valence electrons. The number of rotatable bonds is 25. The van der Waals surface area contributed by atoms with Gasteiger partial charge < -0.3 is 53.2 Å². The Kier molecular flexibility index (Phi) is 17.4. The Morgan fingerprint density at radius 2 is 1.66 bits per heavy atom. The Morgan fingerprint density at radius 1 is 0.909 bits per heavy atom. The molecule has 0 bridgehead atoms. The van der Waals surface area contributed by atoms with Crippen LogP contribution in [0.1, 0.15) is 57.9 Å². The number of carbonyl (C=O) groups is 4. The predicted octanol–water partition coefficient (Wildman–Crippen LogP) is 5.73. The number of β-amino-alcohol motifs (C(OH)–C–C–N with tert-alkyl or cyclic N) is 1. The van der Waals surface area contributed by atoms with Crippen LogP contribution in [0.15, 0.2) is 106 Å². The molecule has 4 aromatic heterocycles. The van der Waals surface area contributed by atoms with Crippen LogP contribution in [0.3, 0.4) is 0 Å². The number of fused-ring (bicyclic) bond motifs is 2. The van der Waals surface area contributed by atoms with Crippen molar-refractivity contribution in [3.63, 3.8) is 0 Å². The number of benzene rings is 3. The van der Waals surface area contributed by atoms with Crippen LogP contribution < -0.4 is 20.3 Å². The molecule has 2 aliphatic heterocycles. The Labute approximate surface area is 447 Å². The third kappa shape index (κ3) is 12.9. The number of thiazole rings is 1. The van der Waals surface area contributed by atoms with Gasteiger partial charge in [0.1, 0.15) is 53.8 Å². The number of nitrogens with zero attached hydrogens (tertiary/aromatic N) is 8. The molecule has 0 unspecified atom stereocenters. The first kappa shape index (κ1) is 53.9. The van der Waals surface area contributed by atoms with Crippen molar-refractivity contribution in [3.05, 3.63) is 135 Å². The summed E-state index contributed by atoms with van der Waals surface area (Å²) in [4.78, 5) is 84.3. The fourth-order valence-electron chi connectivity index (χ4n) is 9.24. The highest BCUT2D eigenvalue weighted by Gasteiger charge is 2.45. The lowest BCUT2D eigenvalue weighted by Gasteiger charge is -2.38. The Balaban J connectivity index is 0.688. The van der Waals surface area contributed by atoms with Crippen LogP contribution in [0.2, 0.25) is 0 Å². The summed E-state index contributed by atoms with van der Waals surface area (Å²) in [5.41, 5.74) is 7.50. The molecule has 1 fully saturated rings.